The summed E-state index contributed by atoms with van der Waals surface area (Å²) in [6.45, 7) is 10.5. The first kappa shape index (κ1) is 24.2. The summed E-state index contributed by atoms with van der Waals surface area (Å²) in [4.78, 5) is 26.6. The van der Waals surface area contributed by atoms with Crippen molar-refractivity contribution >= 4 is 34.6 Å². The number of thioether (sulfide) groups is 1. The van der Waals surface area contributed by atoms with Crippen LogP contribution < -0.4 is 9.80 Å². The summed E-state index contributed by atoms with van der Waals surface area (Å²) in [5, 5.41) is 0.912. The number of anilines is 2. The zero-order valence-corrected chi connectivity index (χ0v) is 21.4. The molecule has 0 bridgehead atoms. The molecular formula is C26H35N7OS. The highest BCUT2D eigenvalue weighted by Crippen LogP contribution is 2.32. The highest BCUT2D eigenvalue weighted by atomic mass is 32.2. The summed E-state index contributed by atoms with van der Waals surface area (Å²) in [5.41, 5.74) is 2.95. The van der Waals surface area contributed by atoms with Crippen LogP contribution in [-0.4, -0.2) is 83.9 Å². The van der Waals surface area contributed by atoms with E-state index >= 15 is 0 Å². The summed E-state index contributed by atoms with van der Waals surface area (Å²) in [5.74, 6) is 2.54. The number of hydrogen-bond acceptors (Lipinski definition) is 9. The molecule has 186 valence electrons. The van der Waals surface area contributed by atoms with Crippen LogP contribution in [0.1, 0.15) is 31.7 Å². The van der Waals surface area contributed by atoms with Crippen LogP contribution in [0.2, 0.25) is 0 Å². The fraction of sp³-hybridized carbons (Fsp3) is 0.538. The van der Waals surface area contributed by atoms with Crippen LogP contribution in [0, 0.1) is 0 Å². The molecule has 8 nitrogen and oxygen atoms in total. The van der Waals surface area contributed by atoms with E-state index in [0.29, 0.717) is 13.2 Å². The molecule has 3 aromatic rings. The Kier molecular flexibility index (Phi) is 8.28. The Morgan fingerprint density at radius 3 is 2.43 bits per heavy atom. The number of rotatable bonds is 9. The first-order chi connectivity index (χ1) is 17.3. The van der Waals surface area contributed by atoms with Crippen LogP contribution in [0.25, 0.3) is 11.0 Å². The first-order valence-electron chi connectivity index (χ1n) is 12.8. The molecule has 0 radical (unpaired) electrons. The van der Waals surface area contributed by atoms with Gasteiger partial charge in [-0.1, -0.05) is 61.9 Å². The van der Waals surface area contributed by atoms with Crippen molar-refractivity contribution in [2.45, 2.75) is 37.0 Å². The molecule has 35 heavy (non-hydrogen) atoms. The summed E-state index contributed by atoms with van der Waals surface area (Å²) >= 11 is 1.71. The number of morpholine rings is 1. The third kappa shape index (κ3) is 6.02. The zero-order chi connectivity index (χ0) is 23.9. The van der Waals surface area contributed by atoms with E-state index in [-0.39, 0.29) is 0 Å². The van der Waals surface area contributed by atoms with Crippen LogP contribution in [-0.2, 0) is 10.5 Å². The number of unbranched alkanes of at least 4 members (excludes halogenated alkanes) is 2. The first-order valence-corrected chi connectivity index (χ1v) is 13.8. The van der Waals surface area contributed by atoms with Gasteiger partial charge in [0.05, 0.1) is 13.2 Å². The van der Waals surface area contributed by atoms with Gasteiger partial charge in [-0.25, -0.2) is 15.0 Å². The second-order valence-corrected chi connectivity index (χ2v) is 10.1. The average Bonchev–Trinajstić information content (AvgIpc) is 2.93. The molecule has 0 aliphatic carbocycles. The van der Waals surface area contributed by atoms with E-state index < -0.39 is 0 Å². The van der Waals surface area contributed by atoms with Crippen molar-refractivity contribution < 1.29 is 4.74 Å². The molecule has 9 heteroatoms. The summed E-state index contributed by atoms with van der Waals surface area (Å²) in [6, 6.07) is 10.5. The number of benzene rings is 1. The lowest BCUT2D eigenvalue weighted by Crippen LogP contribution is -2.47. The zero-order valence-electron chi connectivity index (χ0n) is 20.6. The molecule has 0 spiro atoms. The van der Waals surface area contributed by atoms with Gasteiger partial charge >= 0.3 is 0 Å². The monoisotopic (exact) mass is 493 g/mol. The maximum Gasteiger partial charge on any atom is 0.228 e. The van der Waals surface area contributed by atoms with Crippen LogP contribution in [0.5, 0.6) is 0 Å². The third-order valence-corrected chi connectivity index (χ3v) is 7.73. The SMILES string of the molecule is CCCCCN1CCN(c2nc(N3CCOCC3)c3ncnc(SCc4ccccc4)c3n2)CC1. The fourth-order valence-corrected chi connectivity index (χ4v) is 5.52. The number of fused-ring (bicyclic) bond motifs is 1. The molecule has 2 aliphatic rings. The van der Waals surface area contributed by atoms with Crippen LogP contribution in [0.15, 0.2) is 41.7 Å². The van der Waals surface area contributed by atoms with Gasteiger partial charge in [-0.15, -0.1) is 0 Å². The van der Waals surface area contributed by atoms with Gasteiger partial charge in [-0.2, -0.15) is 4.98 Å². The topological polar surface area (TPSA) is 70.5 Å². The largest absolute Gasteiger partial charge is 0.378 e. The van der Waals surface area contributed by atoms with Gasteiger partial charge in [0.1, 0.15) is 22.4 Å². The second kappa shape index (κ2) is 12.0. The normalized spacial score (nSPS) is 17.3. The lowest BCUT2D eigenvalue weighted by Gasteiger charge is -2.35. The molecule has 1 aromatic carbocycles. The lowest BCUT2D eigenvalue weighted by molar-refractivity contribution is 0.122. The van der Waals surface area contributed by atoms with Crippen molar-refractivity contribution in [1.82, 2.24) is 24.8 Å². The third-order valence-electron chi connectivity index (χ3n) is 6.68. The molecule has 2 aliphatic heterocycles. The Morgan fingerprint density at radius 2 is 1.66 bits per heavy atom. The van der Waals surface area contributed by atoms with Crippen molar-refractivity contribution in [1.29, 1.82) is 0 Å². The minimum atomic E-state index is 0.706. The molecule has 0 atom stereocenters. The number of nitrogens with zero attached hydrogens (tertiary/aromatic N) is 7. The predicted molar refractivity (Wildman–Crippen MR) is 142 cm³/mol. The van der Waals surface area contributed by atoms with Crippen LogP contribution >= 0.6 is 11.8 Å². The molecule has 0 N–H and O–H groups in total. The lowest BCUT2D eigenvalue weighted by atomic mass is 10.2. The Hall–Kier alpha value is -2.49. The quantitative estimate of drug-likeness (QED) is 0.251. The van der Waals surface area contributed by atoms with E-state index in [1.807, 2.05) is 6.07 Å². The smallest absolute Gasteiger partial charge is 0.228 e. The predicted octanol–water partition coefficient (Wildman–Crippen LogP) is 3.86. The Balaban J connectivity index is 1.42. The standard InChI is InChI=1S/C26H35N7OS/c1-2-3-7-10-31-11-13-33(14-12-31)26-29-23-22(24(30-26)32-15-17-34-18-16-32)27-20-28-25(23)35-19-21-8-5-4-6-9-21/h4-6,8-9,20H,2-3,7,10-19H2,1H3. The molecular weight excluding hydrogens is 458 g/mol. The van der Waals surface area contributed by atoms with E-state index in [4.69, 9.17) is 14.7 Å². The fourth-order valence-electron chi connectivity index (χ4n) is 4.63. The Bertz CT molecular complexity index is 1090. The molecule has 0 saturated carbocycles. The van der Waals surface area contributed by atoms with E-state index in [0.717, 1.165) is 72.8 Å². The number of piperazine rings is 1. The maximum absolute atomic E-state index is 5.61. The summed E-state index contributed by atoms with van der Waals surface area (Å²) in [6.07, 6.45) is 5.50. The van der Waals surface area contributed by atoms with Gasteiger partial charge in [0.2, 0.25) is 5.95 Å². The van der Waals surface area contributed by atoms with Crippen LogP contribution in [0.4, 0.5) is 11.8 Å². The van der Waals surface area contributed by atoms with Gasteiger partial charge in [0.25, 0.3) is 0 Å². The average molecular weight is 494 g/mol. The molecule has 2 aromatic heterocycles. The molecule has 0 unspecified atom stereocenters. The van der Waals surface area contributed by atoms with Gasteiger partial charge in [-0.3, -0.25) is 4.90 Å². The van der Waals surface area contributed by atoms with Gasteiger partial charge in [-0.05, 0) is 18.5 Å². The number of aromatic nitrogens is 4. The molecule has 2 fully saturated rings. The second-order valence-electron chi connectivity index (χ2n) is 9.13. The van der Waals surface area contributed by atoms with Crippen molar-refractivity contribution in [3.05, 3.63) is 42.2 Å². The number of ether oxygens (including phenoxy) is 1. The minimum absolute atomic E-state index is 0.706. The molecule has 2 saturated heterocycles. The van der Waals surface area contributed by atoms with E-state index in [9.17, 15) is 0 Å². The van der Waals surface area contributed by atoms with E-state index in [1.54, 1.807) is 18.1 Å². The summed E-state index contributed by atoms with van der Waals surface area (Å²) in [7, 11) is 0. The Labute approximate surface area is 212 Å². The maximum atomic E-state index is 5.61. The highest BCUT2D eigenvalue weighted by Gasteiger charge is 2.24. The van der Waals surface area contributed by atoms with Gasteiger partial charge in [0.15, 0.2) is 5.82 Å². The van der Waals surface area contributed by atoms with Crippen LogP contribution in [0.3, 0.4) is 0 Å². The molecule has 5 rings (SSSR count). The Morgan fingerprint density at radius 1 is 0.857 bits per heavy atom. The molecule has 4 heterocycles. The van der Waals surface area contributed by atoms with Gasteiger partial charge in [0, 0.05) is 45.0 Å². The highest BCUT2D eigenvalue weighted by molar-refractivity contribution is 7.98. The van der Waals surface area contributed by atoms with Crippen molar-refractivity contribution in [3.8, 4) is 0 Å². The van der Waals surface area contributed by atoms with Crippen molar-refractivity contribution in [3.63, 3.8) is 0 Å². The van der Waals surface area contributed by atoms with E-state index in [2.05, 4.69) is 55.9 Å². The van der Waals surface area contributed by atoms with Crippen molar-refractivity contribution in [2.24, 2.45) is 0 Å². The minimum Gasteiger partial charge on any atom is -0.378 e. The summed E-state index contributed by atoms with van der Waals surface area (Å²) < 4.78 is 5.61. The van der Waals surface area contributed by atoms with E-state index in [1.165, 1.54) is 31.4 Å². The number of hydrogen-bond donors (Lipinski definition) is 0. The van der Waals surface area contributed by atoms with Crippen molar-refractivity contribution in [2.75, 3.05) is 68.8 Å². The van der Waals surface area contributed by atoms with Gasteiger partial charge < -0.3 is 14.5 Å². The molecule has 0 amide bonds.